The largest absolute Gasteiger partial charge is 0.349 e. The maximum Gasteiger partial charge on any atom is 0.230 e. The molecule has 1 heterocycles. The second kappa shape index (κ2) is 7.51. The fraction of sp³-hybridized carbons (Fsp3) is 0.364. The summed E-state index contributed by atoms with van der Waals surface area (Å²) < 4.78 is 14.2. The van der Waals surface area contributed by atoms with Gasteiger partial charge in [-0.1, -0.05) is 30.3 Å². The van der Waals surface area contributed by atoms with Crippen molar-refractivity contribution in [1.82, 2.24) is 5.32 Å². The lowest BCUT2D eigenvalue weighted by Crippen LogP contribution is -2.41. The SMILES string of the molecule is CC(NC(=O)C(C)(C)c1ccccc1F)c1cccc(N2CCCC2=O)c1. The van der Waals surface area contributed by atoms with Gasteiger partial charge in [0.15, 0.2) is 0 Å². The summed E-state index contributed by atoms with van der Waals surface area (Å²) in [6, 6.07) is 13.7. The van der Waals surface area contributed by atoms with Crippen LogP contribution in [0.4, 0.5) is 10.1 Å². The Labute approximate surface area is 159 Å². The predicted molar refractivity (Wildman–Crippen MR) is 104 cm³/mol. The molecule has 1 aliphatic heterocycles. The van der Waals surface area contributed by atoms with E-state index >= 15 is 0 Å². The standard InChI is InChI=1S/C22H25FN2O2/c1-15(16-8-6-9-17(14-16)25-13-7-12-20(25)26)24-21(27)22(2,3)18-10-4-5-11-19(18)23/h4-6,8-11,14-15H,7,12-13H2,1-3H3,(H,24,27). The zero-order valence-corrected chi connectivity index (χ0v) is 16.0. The van der Waals surface area contributed by atoms with E-state index in [1.54, 1.807) is 36.9 Å². The van der Waals surface area contributed by atoms with Crippen molar-refractivity contribution in [3.63, 3.8) is 0 Å². The van der Waals surface area contributed by atoms with Crippen LogP contribution in [0.15, 0.2) is 48.5 Å². The van der Waals surface area contributed by atoms with Crippen LogP contribution in [0.5, 0.6) is 0 Å². The number of benzene rings is 2. The number of anilines is 1. The lowest BCUT2D eigenvalue weighted by atomic mass is 9.83. The Morgan fingerprint density at radius 3 is 2.59 bits per heavy atom. The van der Waals surface area contributed by atoms with Crippen molar-refractivity contribution >= 4 is 17.5 Å². The summed E-state index contributed by atoms with van der Waals surface area (Å²) in [5.74, 6) is -0.507. The van der Waals surface area contributed by atoms with Crippen LogP contribution in [0, 0.1) is 5.82 Å². The van der Waals surface area contributed by atoms with Gasteiger partial charge in [0.1, 0.15) is 5.82 Å². The molecule has 1 unspecified atom stereocenters. The number of halogens is 1. The summed E-state index contributed by atoms with van der Waals surface area (Å²) >= 11 is 0. The zero-order valence-electron chi connectivity index (χ0n) is 16.0. The van der Waals surface area contributed by atoms with Crippen LogP contribution in [0.1, 0.15) is 50.8 Å². The van der Waals surface area contributed by atoms with E-state index in [1.165, 1.54) is 6.07 Å². The van der Waals surface area contributed by atoms with Crippen molar-refractivity contribution in [2.24, 2.45) is 0 Å². The first kappa shape index (κ1) is 19.1. The molecule has 2 aromatic rings. The third-order valence-electron chi connectivity index (χ3n) is 5.22. The number of nitrogens with one attached hydrogen (secondary N) is 1. The smallest absolute Gasteiger partial charge is 0.230 e. The topological polar surface area (TPSA) is 49.4 Å². The Morgan fingerprint density at radius 2 is 1.93 bits per heavy atom. The highest BCUT2D eigenvalue weighted by molar-refractivity contribution is 5.95. The van der Waals surface area contributed by atoms with Crippen LogP contribution in [0.2, 0.25) is 0 Å². The molecule has 0 aliphatic carbocycles. The Bertz CT molecular complexity index is 863. The molecule has 0 saturated carbocycles. The van der Waals surface area contributed by atoms with Gasteiger partial charge < -0.3 is 10.2 Å². The maximum atomic E-state index is 14.2. The average Bonchev–Trinajstić information content (AvgIpc) is 3.08. The van der Waals surface area contributed by atoms with Crippen molar-refractivity contribution in [2.75, 3.05) is 11.4 Å². The fourth-order valence-electron chi connectivity index (χ4n) is 3.43. The van der Waals surface area contributed by atoms with Gasteiger partial charge in [0.25, 0.3) is 0 Å². The van der Waals surface area contributed by atoms with Crippen LogP contribution in [0.3, 0.4) is 0 Å². The first-order valence-corrected chi connectivity index (χ1v) is 9.27. The van der Waals surface area contributed by atoms with Gasteiger partial charge in [-0.25, -0.2) is 4.39 Å². The van der Waals surface area contributed by atoms with Gasteiger partial charge in [0, 0.05) is 24.2 Å². The van der Waals surface area contributed by atoms with Crippen molar-refractivity contribution in [2.45, 2.75) is 45.1 Å². The number of nitrogens with zero attached hydrogens (tertiary/aromatic N) is 1. The minimum atomic E-state index is -0.998. The van der Waals surface area contributed by atoms with Gasteiger partial charge in [0.2, 0.25) is 11.8 Å². The second-order valence-electron chi connectivity index (χ2n) is 7.54. The highest BCUT2D eigenvalue weighted by Crippen LogP contribution is 2.28. The van der Waals surface area contributed by atoms with E-state index in [4.69, 9.17) is 0 Å². The predicted octanol–water partition coefficient (Wildman–Crippen LogP) is 4.11. The van der Waals surface area contributed by atoms with Gasteiger partial charge in [-0.05, 0) is 51.0 Å². The molecular weight excluding hydrogens is 343 g/mol. The molecule has 5 heteroatoms. The molecule has 0 aromatic heterocycles. The number of rotatable bonds is 5. The number of hydrogen-bond donors (Lipinski definition) is 1. The normalized spacial score (nSPS) is 15.7. The van der Waals surface area contributed by atoms with Crippen LogP contribution in [-0.4, -0.2) is 18.4 Å². The number of carbonyl (C=O) groups is 2. The van der Waals surface area contributed by atoms with Crippen molar-refractivity contribution in [3.05, 3.63) is 65.5 Å². The van der Waals surface area contributed by atoms with Crippen LogP contribution in [0.25, 0.3) is 0 Å². The molecule has 0 spiro atoms. The van der Waals surface area contributed by atoms with Gasteiger partial charge >= 0.3 is 0 Å². The van der Waals surface area contributed by atoms with E-state index < -0.39 is 5.41 Å². The van der Waals surface area contributed by atoms with E-state index in [-0.39, 0.29) is 23.7 Å². The van der Waals surface area contributed by atoms with Crippen molar-refractivity contribution in [1.29, 1.82) is 0 Å². The van der Waals surface area contributed by atoms with E-state index in [1.807, 2.05) is 31.2 Å². The number of hydrogen-bond acceptors (Lipinski definition) is 2. The van der Waals surface area contributed by atoms with Crippen molar-refractivity contribution in [3.8, 4) is 0 Å². The molecule has 1 aliphatic rings. The van der Waals surface area contributed by atoms with Crippen LogP contribution < -0.4 is 10.2 Å². The Balaban J connectivity index is 1.77. The maximum absolute atomic E-state index is 14.2. The third kappa shape index (κ3) is 3.87. The van der Waals surface area contributed by atoms with Gasteiger partial charge in [-0.3, -0.25) is 9.59 Å². The molecule has 1 atom stereocenters. The van der Waals surface area contributed by atoms with E-state index in [0.717, 1.165) is 24.2 Å². The first-order valence-electron chi connectivity index (χ1n) is 9.27. The molecule has 0 radical (unpaired) electrons. The van der Waals surface area contributed by atoms with Gasteiger partial charge in [0.05, 0.1) is 11.5 Å². The minimum Gasteiger partial charge on any atom is -0.349 e. The lowest BCUT2D eigenvalue weighted by Gasteiger charge is -2.27. The van der Waals surface area contributed by atoms with Crippen LogP contribution in [-0.2, 0) is 15.0 Å². The molecule has 0 bridgehead atoms. The summed E-state index contributed by atoms with van der Waals surface area (Å²) in [5, 5.41) is 2.98. The van der Waals surface area contributed by atoms with Crippen molar-refractivity contribution < 1.29 is 14.0 Å². The summed E-state index contributed by atoms with van der Waals surface area (Å²) in [7, 11) is 0. The Morgan fingerprint density at radius 1 is 1.19 bits per heavy atom. The molecule has 1 saturated heterocycles. The highest BCUT2D eigenvalue weighted by atomic mass is 19.1. The number of carbonyl (C=O) groups excluding carboxylic acids is 2. The molecular formula is C22H25FN2O2. The lowest BCUT2D eigenvalue weighted by molar-refractivity contribution is -0.126. The van der Waals surface area contributed by atoms with E-state index in [0.29, 0.717) is 12.0 Å². The number of amides is 2. The second-order valence-corrected chi connectivity index (χ2v) is 7.54. The fourth-order valence-corrected chi connectivity index (χ4v) is 3.43. The Kier molecular flexibility index (Phi) is 5.31. The third-order valence-corrected chi connectivity index (χ3v) is 5.22. The summed E-state index contributed by atoms with van der Waals surface area (Å²) in [5.41, 5.74) is 1.13. The summed E-state index contributed by atoms with van der Waals surface area (Å²) in [6.07, 6.45) is 1.44. The molecule has 2 amide bonds. The molecule has 3 rings (SSSR count). The molecule has 1 fully saturated rings. The van der Waals surface area contributed by atoms with Crippen LogP contribution >= 0.6 is 0 Å². The molecule has 142 valence electrons. The van der Waals surface area contributed by atoms with Gasteiger partial charge in [-0.2, -0.15) is 0 Å². The summed E-state index contributed by atoms with van der Waals surface area (Å²) in [6.45, 7) is 6.04. The Hall–Kier alpha value is -2.69. The monoisotopic (exact) mass is 368 g/mol. The molecule has 1 N–H and O–H groups in total. The highest BCUT2D eigenvalue weighted by Gasteiger charge is 2.33. The van der Waals surface area contributed by atoms with E-state index in [9.17, 15) is 14.0 Å². The summed E-state index contributed by atoms with van der Waals surface area (Å²) in [4.78, 5) is 26.6. The molecule has 2 aromatic carbocycles. The van der Waals surface area contributed by atoms with Gasteiger partial charge in [-0.15, -0.1) is 0 Å². The van der Waals surface area contributed by atoms with E-state index in [2.05, 4.69) is 5.32 Å². The zero-order chi connectivity index (χ0) is 19.6. The quantitative estimate of drug-likeness (QED) is 0.863. The molecule has 27 heavy (non-hydrogen) atoms. The molecule has 4 nitrogen and oxygen atoms in total. The average molecular weight is 368 g/mol. The first-order chi connectivity index (χ1) is 12.8. The minimum absolute atomic E-state index is 0.129.